The third kappa shape index (κ3) is 2.73. The molecule has 2 nitrogen and oxygen atoms in total. The van der Waals surface area contributed by atoms with Gasteiger partial charge >= 0.3 is 0 Å². The van der Waals surface area contributed by atoms with E-state index in [1.54, 1.807) is 0 Å². The van der Waals surface area contributed by atoms with Gasteiger partial charge in [0.15, 0.2) is 0 Å². The van der Waals surface area contributed by atoms with Gasteiger partial charge in [-0.25, -0.2) is 0 Å². The summed E-state index contributed by atoms with van der Waals surface area (Å²) in [5.41, 5.74) is 5.72. The summed E-state index contributed by atoms with van der Waals surface area (Å²) in [6.07, 6.45) is 4.07. The molecule has 1 N–H and O–H groups in total. The van der Waals surface area contributed by atoms with E-state index in [1.165, 1.54) is 22.4 Å². The molecule has 0 saturated carbocycles. The highest BCUT2D eigenvalue weighted by Crippen LogP contribution is 2.45. The van der Waals surface area contributed by atoms with Crippen molar-refractivity contribution in [2.24, 2.45) is 5.41 Å². The summed E-state index contributed by atoms with van der Waals surface area (Å²) < 4.78 is 0. The molecule has 1 unspecified atom stereocenters. The molecule has 2 aromatic rings. The van der Waals surface area contributed by atoms with Gasteiger partial charge in [-0.05, 0) is 41.0 Å². The van der Waals surface area contributed by atoms with E-state index in [9.17, 15) is 0 Å². The van der Waals surface area contributed by atoms with Crippen LogP contribution in [0.3, 0.4) is 0 Å². The van der Waals surface area contributed by atoms with Crippen molar-refractivity contribution in [3.63, 3.8) is 0 Å². The molecule has 0 aliphatic heterocycles. The molecule has 0 fully saturated rings. The molecule has 0 amide bonds. The maximum atomic E-state index is 4.55. The number of hydrogen-bond acceptors (Lipinski definition) is 2. The second kappa shape index (κ2) is 5.61. The molecular formula is C19H24N2. The van der Waals surface area contributed by atoms with Crippen LogP contribution in [0.1, 0.15) is 49.2 Å². The normalized spacial score (nSPS) is 19.5. The fourth-order valence-electron chi connectivity index (χ4n) is 3.53. The van der Waals surface area contributed by atoms with Crippen LogP contribution in [0.15, 0.2) is 42.6 Å². The predicted molar refractivity (Wildman–Crippen MR) is 87.1 cm³/mol. The molecule has 0 bridgehead atoms. The standard InChI is InChI=1S/C19H24N2/c1-4-14-9-7-11-20-17(14)13-21-18-16-10-6-5-8-15(16)12-19(18,2)3/h5-11,18,21H,4,12-13H2,1-3H3. The van der Waals surface area contributed by atoms with E-state index in [2.05, 4.69) is 61.4 Å². The van der Waals surface area contributed by atoms with E-state index < -0.39 is 0 Å². The number of hydrogen-bond donors (Lipinski definition) is 1. The smallest absolute Gasteiger partial charge is 0.0573 e. The average Bonchev–Trinajstić information content (AvgIpc) is 2.75. The lowest BCUT2D eigenvalue weighted by molar-refractivity contribution is 0.267. The van der Waals surface area contributed by atoms with E-state index in [1.807, 2.05) is 12.3 Å². The number of fused-ring (bicyclic) bond motifs is 1. The average molecular weight is 280 g/mol. The predicted octanol–water partition coefficient (Wildman–Crippen LogP) is 4.06. The number of pyridine rings is 1. The van der Waals surface area contributed by atoms with Gasteiger partial charge in [0.05, 0.1) is 5.69 Å². The van der Waals surface area contributed by atoms with Crippen LogP contribution in [0.2, 0.25) is 0 Å². The summed E-state index contributed by atoms with van der Waals surface area (Å²) >= 11 is 0. The molecule has 3 rings (SSSR count). The first-order valence-electron chi connectivity index (χ1n) is 7.86. The van der Waals surface area contributed by atoms with Gasteiger partial charge in [-0.2, -0.15) is 0 Å². The third-order valence-electron chi connectivity index (χ3n) is 4.63. The van der Waals surface area contributed by atoms with Crippen LogP contribution in [0, 0.1) is 5.41 Å². The van der Waals surface area contributed by atoms with E-state index in [-0.39, 0.29) is 5.41 Å². The first-order valence-corrected chi connectivity index (χ1v) is 7.86. The molecule has 1 aromatic carbocycles. The topological polar surface area (TPSA) is 24.9 Å². The molecular weight excluding hydrogens is 256 g/mol. The number of aryl methyl sites for hydroxylation is 1. The van der Waals surface area contributed by atoms with Gasteiger partial charge in [-0.15, -0.1) is 0 Å². The summed E-state index contributed by atoms with van der Waals surface area (Å²) in [7, 11) is 0. The summed E-state index contributed by atoms with van der Waals surface area (Å²) in [5.74, 6) is 0. The zero-order valence-electron chi connectivity index (χ0n) is 13.2. The van der Waals surface area contributed by atoms with Crippen LogP contribution in [0.4, 0.5) is 0 Å². The Morgan fingerprint density at radius 3 is 2.81 bits per heavy atom. The van der Waals surface area contributed by atoms with Gasteiger partial charge in [-0.3, -0.25) is 4.98 Å². The Balaban J connectivity index is 1.81. The van der Waals surface area contributed by atoms with Crippen molar-refractivity contribution in [2.75, 3.05) is 0 Å². The first-order chi connectivity index (χ1) is 10.1. The van der Waals surface area contributed by atoms with Crippen molar-refractivity contribution in [2.45, 2.75) is 46.2 Å². The molecule has 2 heteroatoms. The minimum absolute atomic E-state index is 0.255. The zero-order chi connectivity index (χ0) is 14.9. The van der Waals surface area contributed by atoms with Gasteiger partial charge in [-0.1, -0.05) is 51.1 Å². The molecule has 1 aliphatic carbocycles. The molecule has 110 valence electrons. The van der Waals surface area contributed by atoms with Crippen molar-refractivity contribution < 1.29 is 0 Å². The Bertz CT molecular complexity index is 631. The minimum atomic E-state index is 0.255. The molecule has 0 spiro atoms. The monoisotopic (exact) mass is 280 g/mol. The molecule has 1 heterocycles. The second-order valence-electron chi connectivity index (χ2n) is 6.64. The van der Waals surface area contributed by atoms with E-state index in [4.69, 9.17) is 0 Å². The quantitative estimate of drug-likeness (QED) is 0.913. The lowest BCUT2D eigenvalue weighted by Gasteiger charge is -2.29. The van der Waals surface area contributed by atoms with E-state index in [0.717, 1.165) is 19.4 Å². The summed E-state index contributed by atoms with van der Waals surface area (Å²) in [6, 6.07) is 13.4. The highest BCUT2D eigenvalue weighted by atomic mass is 15.0. The van der Waals surface area contributed by atoms with Crippen molar-refractivity contribution in [1.29, 1.82) is 0 Å². The van der Waals surface area contributed by atoms with Crippen LogP contribution in [-0.4, -0.2) is 4.98 Å². The lowest BCUT2D eigenvalue weighted by atomic mass is 9.85. The maximum Gasteiger partial charge on any atom is 0.0573 e. The van der Waals surface area contributed by atoms with Crippen molar-refractivity contribution >= 4 is 0 Å². The number of nitrogens with zero attached hydrogens (tertiary/aromatic N) is 1. The van der Waals surface area contributed by atoms with Crippen molar-refractivity contribution in [3.05, 3.63) is 65.0 Å². The van der Waals surface area contributed by atoms with Crippen LogP contribution in [-0.2, 0) is 19.4 Å². The zero-order valence-corrected chi connectivity index (χ0v) is 13.2. The number of rotatable bonds is 4. The van der Waals surface area contributed by atoms with Gasteiger partial charge in [0.25, 0.3) is 0 Å². The fourth-order valence-corrected chi connectivity index (χ4v) is 3.53. The number of benzene rings is 1. The van der Waals surface area contributed by atoms with E-state index >= 15 is 0 Å². The SMILES string of the molecule is CCc1cccnc1CNC1c2ccccc2CC1(C)C. The highest BCUT2D eigenvalue weighted by Gasteiger charge is 2.38. The van der Waals surface area contributed by atoms with Gasteiger partial charge in [0.2, 0.25) is 0 Å². The van der Waals surface area contributed by atoms with Gasteiger partial charge in [0.1, 0.15) is 0 Å². The maximum absolute atomic E-state index is 4.55. The van der Waals surface area contributed by atoms with Crippen LogP contribution in [0.25, 0.3) is 0 Å². The third-order valence-corrected chi connectivity index (χ3v) is 4.63. The number of nitrogens with one attached hydrogen (secondary N) is 1. The Hall–Kier alpha value is -1.67. The molecule has 1 atom stereocenters. The Kier molecular flexibility index (Phi) is 3.81. The van der Waals surface area contributed by atoms with Crippen LogP contribution >= 0.6 is 0 Å². The molecule has 0 radical (unpaired) electrons. The largest absolute Gasteiger partial charge is 0.304 e. The fraction of sp³-hybridized carbons (Fsp3) is 0.421. The van der Waals surface area contributed by atoms with E-state index in [0.29, 0.717) is 6.04 Å². The second-order valence-corrected chi connectivity index (χ2v) is 6.64. The Morgan fingerprint density at radius 1 is 1.19 bits per heavy atom. The summed E-state index contributed by atoms with van der Waals surface area (Å²) in [6.45, 7) is 7.73. The van der Waals surface area contributed by atoms with Gasteiger partial charge < -0.3 is 5.32 Å². The molecule has 1 aromatic heterocycles. The Labute approximate surface area is 127 Å². The highest BCUT2D eigenvalue weighted by molar-refractivity contribution is 5.37. The summed E-state index contributed by atoms with van der Waals surface area (Å²) in [5, 5.41) is 3.76. The first kappa shape index (κ1) is 14.3. The summed E-state index contributed by atoms with van der Waals surface area (Å²) in [4.78, 5) is 4.55. The molecule has 21 heavy (non-hydrogen) atoms. The van der Waals surface area contributed by atoms with Gasteiger partial charge in [0, 0.05) is 18.8 Å². The molecule has 1 aliphatic rings. The van der Waals surface area contributed by atoms with Crippen molar-refractivity contribution in [1.82, 2.24) is 10.3 Å². The van der Waals surface area contributed by atoms with Crippen LogP contribution in [0.5, 0.6) is 0 Å². The molecule has 0 saturated heterocycles. The van der Waals surface area contributed by atoms with Crippen LogP contribution < -0.4 is 5.32 Å². The number of aromatic nitrogens is 1. The Morgan fingerprint density at radius 2 is 2.00 bits per heavy atom. The minimum Gasteiger partial charge on any atom is -0.304 e. The van der Waals surface area contributed by atoms with Crippen molar-refractivity contribution in [3.8, 4) is 0 Å². The lowest BCUT2D eigenvalue weighted by Crippen LogP contribution is -2.31.